The van der Waals surface area contributed by atoms with Crippen LogP contribution < -0.4 is 14.8 Å². The van der Waals surface area contributed by atoms with Crippen LogP contribution in [0.5, 0.6) is 5.75 Å². The minimum atomic E-state index is -3.86. The summed E-state index contributed by atoms with van der Waals surface area (Å²) in [5.74, 6) is 0.435. The first kappa shape index (κ1) is 21.6. The van der Waals surface area contributed by atoms with Crippen molar-refractivity contribution in [2.75, 3.05) is 7.11 Å². The summed E-state index contributed by atoms with van der Waals surface area (Å²) in [6, 6.07) is 13.3. The van der Waals surface area contributed by atoms with E-state index in [4.69, 9.17) is 16.3 Å². The van der Waals surface area contributed by atoms with Crippen molar-refractivity contribution >= 4 is 27.5 Å². The molecule has 0 radical (unpaired) electrons. The van der Waals surface area contributed by atoms with Crippen molar-refractivity contribution in [3.05, 3.63) is 59.1 Å². The molecule has 1 saturated carbocycles. The summed E-state index contributed by atoms with van der Waals surface area (Å²) in [7, 11) is -2.26. The zero-order chi connectivity index (χ0) is 20.9. The molecular weight excluding hydrogens is 412 g/mol. The van der Waals surface area contributed by atoms with Gasteiger partial charge in [0.25, 0.3) is 0 Å². The van der Waals surface area contributed by atoms with Crippen LogP contribution in [0.2, 0.25) is 5.02 Å². The monoisotopic (exact) mass is 436 g/mol. The van der Waals surface area contributed by atoms with Crippen molar-refractivity contribution in [1.82, 2.24) is 10.0 Å². The van der Waals surface area contributed by atoms with Gasteiger partial charge in [0.2, 0.25) is 15.9 Å². The first-order valence-corrected chi connectivity index (χ1v) is 11.4. The van der Waals surface area contributed by atoms with Crippen molar-refractivity contribution < 1.29 is 17.9 Å². The summed E-state index contributed by atoms with van der Waals surface area (Å²) in [6.07, 6.45) is 3.50. The van der Waals surface area contributed by atoms with Gasteiger partial charge in [0.05, 0.1) is 12.0 Å². The molecule has 0 aliphatic heterocycles. The lowest BCUT2D eigenvalue weighted by Crippen LogP contribution is -2.59. The quantitative estimate of drug-likeness (QED) is 0.693. The number of halogens is 1. The smallest absolute Gasteiger partial charge is 0.241 e. The number of carbonyl (C=O) groups is 1. The molecule has 1 amide bonds. The highest BCUT2D eigenvalue weighted by molar-refractivity contribution is 7.89. The number of hydrogen-bond donors (Lipinski definition) is 2. The molecule has 0 atom stereocenters. The van der Waals surface area contributed by atoms with Crippen molar-refractivity contribution in [3.8, 4) is 5.75 Å². The maximum atomic E-state index is 13.1. The molecule has 0 spiro atoms. The molecule has 3 rings (SSSR count). The summed E-state index contributed by atoms with van der Waals surface area (Å²) < 4.78 is 33.7. The van der Waals surface area contributed by atoms with Gasteiger partial charge in [-0.05, 0) is 54.8 Å². The minimum Gasteiger partial charge on any atom is -0.497 e. The standard InChI is InChI=1S/C21H25ClN2O4S/c1-28-18-9-5-16(6-10-18)15-23-20(25)21(13-3-2-4-14-21)24-29(26,27)19-11-7-17(22)8-12-19/h5-12,24H,2-4,13-15H2,1H3,(H,23,25). The Bertz CT molecular complexity index is 938. The number of methoxy groups -OCH3 is 1. The number of sulfonamides is 1. The molecule has 156 valence electrons. The summed E-state index contributed by atoms with van der Waals surface area (Å²) >= 11 is 5.86. The summed E-state index contributed by atoms with van der Waals surface area (Å²) in [5.41, 5.74) is -0.242. The lowest BCUT2D eigenvalue weighted by Gasteiger charge is -2.36. The molecule has 2 aromatic rings. The normalized spacial score (nSPS) is 16.2. The van der Waals surface area contributed by atoms with Crippen molar-refractivity contribution in [1.29, 1.82) is 0 Å². The predicted molar refractivity (Wildman–Crippen MR) is 112 cm³/mol. The number of hydrogen-bond acceptors (Lipinski definition) is 4. The van der Waals surface area contributed by atoms with Crippen LogP contribution in [-0.2, 0) is 21.4 Å². The Morgan fingerprint density at radius 3 is 2.24 bits per heavy atom. The molecule has 1 aliphatic rings. The average molecular weight is 437 g/mol. The predicted octanol–water partition coefficient (Wildman–Crippen LogP) is 3.65. The molecule has 2 N–H and O–H groups in total. The van der Waals surface area contributed by atoms with Crippen LogP contribution >= 0.6 is 11.6 Å². The molecule has 29 heavy (non-hydrogen) atoms. The van der Waals surface area contributed by atoms with Crippen LogP contribution in [0.4, 0.5) is 0 Å². The molecule has 2 aromatic carbocycles. The van der Waals surface area contributed by atoms with E-state index in [2.05, 4.69) is 10.0 Å². The lowest BCUT2D eigenvalue weighted by molar-refractivity contribution is -0.128. The molecule has 0 unspecified atom stereocenters. The Hall–Kier alpha value is -2.09. The van der Waals surface area contributed by atoms with Gasteiger partial charge in [0, 0.05) is 11.6 Å². The topological polar surface area (TPSA) is 84.5 Å². The Kier molecular flexibility index (Phi) is 6.82. The molecule has 0 bridgehead atoms. The van der Waals surface area contributed by atoms with Gasteiger partial charge in [0.15, 0.2) is 0 Å². The number of nitrogens with one attached hydrogen (secondary N) is 2. The van der Waals surface area contributed by atoms with Gasteiger partial charge in [-0.3, -0.25) is 4.79 Å². The summed E-state index contributed by atoms with van der Waals surface area (Å²) in [6.45, 7) is 0.313. The fraction of sp³-hybridized carbons (Fsp3) is 0.381. The van der Waals surface area contributed by atoms with E-state index in [0.717, 1.165) is 30.6 Å². The zero-order valence-corrected chi connectivity index (χ0v) is 17.9. The van der Waals surface area contributed by atoms with E-state index in [9.17, 15) is 13.2 Å². The Morgan fingerprint density at radius 1 is 1.03 bits per heavy atom. The van der Waals surface area contributed by atoms with Gasteiger partial charge in [-0.2, -0.15) is 4.72 Å². The molecule has 0 saturated heterocycles. The van der Waals surface area contributed by atoms with Gasteiger partial charge >= 0.3 is 0 Å². The van der Waals surface area contributed by atoms with E-state index < -0.39 is 15.6 Å². The Labute approximate surface area is 176 Å². The van der Waals surface area contributed by atoms with Crippen molar-refractivity contribution in [3.63, 3.8) is 0 Å². The van der Waals surface area contributed by atoms with Crippen LogP contribution in [0.25, 0.3) is 0 Å². The second kappa shape index (κ2) is 9.15. The van der Waals surface area contributed by atoms with E-state index in [1.165, 1.54) is 24.3 Å². The fourth-order valence-electron chi connectivity index (χ4n) is 3.56. The number of rotatable bonds is 7. The van der Waals surface area contributed by atoms with Crippen molar-refractivity contribution in [2.24, 2.45) is 0 Å². The Balaban J connectivity index is 1.76. The third-order valence-corrected chi connectivity index (χ3v) is 7.01. The third kappa shape index (κ3) is 5.29. The molecule has 0 heterocycles. The SMILES string of the molecule is COc1ccc(CNC(=O)C2(NS(=O)(=O)c3ccc(Cl)cc3)CCCCC2)cc1. The Morgan fingerprint density at radius 2 is 1.66 bits per heavy atom. The molecule has 8 heteroatoms. The fourth-order valence-corrected chi connectivity index (χ4v) is 5.11. The number of ether oxygens (including phenoxy) is 1. The third-order valence-electron chi connectivity index (χ3n) is 5.21. The molecular formula is C21H25ClN2O4S. The highest BCUT2D eigenvalue weighted by Crippen LogP contribution is 2.30. The highest BCUT2D eigenvalue weighted by Gasteiger charge is 2.42. The van der Waals surface area contributed by atoms with E-state index in [0.29, 0.717) is 24.4 Å². The largest absolute Gasteiger partial charge is 0.497 e. The van der Waals surface area contributed by atoms with E-state index >= 15 is 0 Å². The molecule has 0 aromatic heterocycles. The van der Waals surface area contributed by atoms with Crippen LogP contribution in [0.15, 0.2) is 53.4 Å². The van der Waals surface area contributed by atoms with Gasteiger partial charge < -0.3 is 10.1 Å². The second-order valence-corrected chi connectivity index (χ2v) is 9.35. The van der Waals surface area contributed by atoms with E-state index in [-0.39, 0.29) is 10.8 Å². The van der Waals surface area contributed by atoms with Gasteiger partial charge in [-0.25, -0.2) is 8.42 Å². The lowest BCUT2D eigenvalue weighted by atomic mass is 9.82. The van der Waals surface area contributed by atoms with E-state index in [1.807, 2.05) is 24.3 Å². The van der Waals surface area contributed by atoms with Gasteiger partial charge in [-0.1, -0.05) is 43.0 Å². The maximum Gasteiger partial charge on any atom is 0.241 e. The molecule has 1 fully saturated rings. The maximum absolute atomic E-state index is 13.1. The highest BCUT2D eigenvalue weighted by atomic mass is 35.5. The summed E-state index contributed by atoms with van der Waals surface area (Å²) in [5, 5.41) is 3.35. The second-order valence-electron chi connectivity index (χ2n) is 7.23. The molecule has 1 aliphatic carbocycles. The zero-order valence-electron chi connectivity index (χ0n) is 16.3. The summed E-state index contributed by atoms with van der Waals surface area (Å²) in [4.78, 5) is 13.2. The number of carbonyl (C=O) groups excluding carboxylic acids is 1. The number of amides is 1. The number of benzene rings is 2. The van der Waals surface area contributed by atoms with Crippen LogP contribution in [0.3, 0.4) is 0 Å². The van der Waals surface area contributed by atoms with Crippen LogP contribution in [-0.4, -0.2) is 27.0 Å². The van der Waals surface area contributed by atoms with Gasteiger partial charge in [0.1, 0.15) is 11.3 Å². The van der Waals surface area contributed by atoms with Crippen molar-refractivity contribution in [2.45, 2.75) is 49.1 Å². The van der Waals surface area contributed by atoms with E-state index in [1.54, 1.807) is 7.11 Å². The van der Waals surface area contributed by atoms with Crippen LogP contribution in [0, 0.1) is 0 Å². The minimum absolute atomic E-state index is 0.0924. The first-order valence-electron chi connectivity index (χ1n) is 9.55. The molecule has 6 nitrogen and oxygen atoms in total. The van der Waals surface area contributed by atoms with Gasteiger partial charge in [-0.15, -0.1) is 0 Å². The average Bonchev–Trinajstić information content (AvgIpc) is 2.73. The van der Waals surface area contributed by atoms with Crippen LogP contribution in [0.1, 0.15) is 37.7 Å². The first-order chi connectivity index (χ1) is 13.8.